The molecule has 1 aliphatic heterocycles. The van der Waals surface area contributed by atoms with Crippen LogP contribution in [0.5, 0.6) is 11.5 Å². The quantitative estimate of drug-likeness (QED) is 0.419. The molecular weight excluding hydrogens is 436 g/mol. The van der Waals surface area contributed by atoms with E-state index in [1.54, 1.807) is 4.68 Å². The Morgan fingerprint density at radius 2 is 1.88 bits per heavy atom. The van der Waals surface area contributed by atoms with Crippen LogP contribution in [-0.4, -0.2) is 27.1 Å². The van der Waals surface area contributed by atoms with Crippen LogP contribution < -0.4 is 19.8 Å². The molecule has 0 radical (unpaired) electrons. The average molecular weight is 461 g/mol. The van der Waals surface area contributed by atoms with Crippen molar-refractivity contribution in [2.24, 2.45) is 12.0 Å². The van der Waals surface area contributed by atoms with Crippen LogP contribution in [0, 0.1) is 6.92 Å². The average Bonchev–Trinajstić information content (AvgIpc) is 3.33. The molecule has 2 aromatic carbocycles. The number of hydrogen-bond donors (Lipinski definition) is 0. The van der Waals surface area contributed by atoms with E-state index in [0.717, 1.165) is 38.9 Å². The topological polar surface area (TPSA) is 62.7 Å². The van der Waals surface area contributed by atoms with Crippen LogP contribution in [0.2, 0.25) is 0 Å². The van der Waals surface area contributed by atoms with Gasteiger partial charge in [0.05, 0.1) is 17.1 Å². The number of para-hydroxylation sites is 1. The van der Waals surface area contributed by atoms with E-state index >= 15 is 0 Å². The van der Waals surface area contributed by atoms with E-state index in [4.69, 9.17) is 14.5 Å². The Bertz CT molecular complexity index is 1460. The Hall–Kier alpha value is -3.78. The van der Waals surface area contributed by atoms with Crippen molar-refractivity contribution in [2.45, 2.75) is 13.5 Å². The van der Waals surface area contributed by atoms with E-state index in [-0.39, 0.29) is 5.56 Å². The standard InChI is InChI=1S/C25H24N4O3S/c1-4-12-28-20(18-10-11-21-22(15-18)32-14-13-31-21)16-33-25(28)26-23-17(2)27(3)29(24(23)30)19-8-6-5-7-9-19/h4-11,15-16H,1,12-14H2,2-3H3. The number of allylic oxidation sites excluding steroid dienone is 1. The molecule has 0 bridgehead atoms. The number of rotatable bonds is 5. The van der Waals surface area contributed by atoms with Crippen LogP contribution >= 0.6 is 11.3 Å². The molecule has 0 saturated heterocycles. The highest BCUT2D eigenvalue weighted by Gasteiger charge is 2.18. The predicted octanol–water partition coefficient (Wildman–Crippen LogP) is 4.20. The first kappa shape index (κ1) is 21.1. The van der Waals surface area contributed by atoms with Crippen molar-refractivity contribution >= 4 is 17.0 Å². The number of thiazole rings is 1. The zero-order chi connectivity index (χ0) is 22.9. The zero-order valence-corrected chi connectivity index (χ0v) is 19.3. The fraction of sp³-hybridized carbons (Fsp3) is 0.200. The summed E-state index contributed by atoms with van der Waals surface area (Å²) in [6, 6.07) is 15.5. The Morgan fingerprint density at radius 3 is 2.64 bits per heavy atom. The summed E-state index contributed by atoms with van der Waals surface area (Å²) in [6.07, 6.45) is 1.83. The van der Waals surface area contributed by atoms with Crippen molar-refractivity contribution in [3.8, 4) is 28.4 Å². The molecule has 8 heteroatoms. The summed E-state index contributed by atoms with van der Waals surface area (Å²) in [5.74, 6) is 1.49. The maximum absolute atomic E-state index is 13.3. The Kier molecular flexibility index (Phi) is 5.51. The van der Waals surface area contributed by atoms with Gasteiger partial charge in [-0.3, -0.25) is 9.48 Å². The molecule has 0 atom stereocenters. The molecule has 0 saturated carbocycles. The minimum Gasteiger partial charge on any atom is -0.486 e. The summed E-state index contributed by atoms with van der Waals surface area (Å²) in [4.78, 5) is 18.9. The Balaban J connectivity index is 1.65. The predicted molar refractivity (Wildman–Crippen MR) is 130 cm³/mol. The summed E-state index contributed by atoms with van der Waals surface area (Å²) in [5.41, 5.74) is 3.84. The van der Waals surface area contributed by atoms with Gasteiger partial charge < -0.3 is 14.0 Å². The number of ether oxygens (including phenoxy) is 2. The van der Waals surface area contributed by atoms with E-state index in [2.05, 4.69) is 11.1 Å². The molecule has 5 rings (SSSR count). The van der Waals surface area contributed by atoms with Crippen molar-refractivity contribution in [1.82, 2.24) is 13.9 Å². The normalized spacial score (nSPS) is 13.3. The summed E-state index contributed by atoms with van der Waals surface area (Å²) in [5, 5.41) is 2.04. The van der Waals surface area contributed by atoms with Crippen LogP contribution in [0.1, 0.15) is 5.69 Å². The van der Waals surface area contributed by atoms with Crippen molar-refractivity contribution in [2.75, 3.05) is 13.2 Å². The van der Waals surface area contributed by atoms with Gasteiger partial charge >= 0.3 is 0 Å². The zero-order valence-electron chi connectivity index (χ0n) is 18.5. The van der Waals surface area contributed by atoms with Gasteiger partial charge in [-0.05, 0) is 37.3 Å². The van der Waals surface area contributed by atoms with Crippen molar-refractivity contribution in [3.63, 3.8) is 0 Å². The van der Waals surface area contributed by atoms with Gasteiger partial charge in [-0.1, -0.05) is 24.3 Å². The third-order valence-corrected chi connectivity index (χ3v) is 6.54. The number of nitrogens with zero attached hydrogens (tertiary/aromatic N) is 4. The number of fused-ring (bicyclic) bond motifs is 1. The van der Waals surface area contributed by atoms with Crippen molar-refractivity contribution in [1.29, 1.82) is 0 Å². The lowest BCUT2D eigenvalue weighted by atomic mass is 10.1. The SMILES string of the molecule is C=CCn1c(-c2ccc3c(c2)OCCO3)csc1=Nc1c(C)n(C)n(-c2ccccc2)c1=O. The van der Waals surface area contributed by atoms with Crippen molar-refractivity contribution in [3.05, 3.63) is 87.4 Å². The van der Waals surface area contributed by atoms with Gasteiger partial charge in [0.1, 0.15) is 13.2 Å². The monoisotopic (exact) mass is 460 g/mol. The maximum Gasteiger partial charge on any atom is 0.297 e. The number of aromatic nitrogens is 3. The van der Waals surface area contributed by atoms with E-state index in [1.165, 1.54) is 11.3 Å². The molecule has 1 aliphatic rings. The molecule has 7 nitrogen and oxygen atoms in total. The van der Waals surface area contributed by atoms with Gasteiger partial charge in [-0.2, -0.15) is 0 Å². The van der Waals surface area contributed by atoms with Crippen LogP contribution in [0.4, 0.5) is 5.69 Å². The van der Waals surface area contributed by atoms with E-state index in [1.807, 2.05) is 78.6 Å². The molecule has 3 heterocycles. The highest BCUT2D eigenvalue weighted by atomic mass is 32.1. The number of benzene rings is 2. The lowest BCUT2D eigenvalue weighted by molar-refractivity contribution is 0.171. The molecule has 0 unspecified atom stereocenters. The fourth-order valence-corrected chi connectivity index (χ4v) is 4.86. The lowest BCUT2D eigenvalue weighted by Crippen LogP contribution is -2.20. The Labute approximate surface area is 195 Å². The minimum absolute atomic E-state index is 0.152. The molecule has 0 amide bonds. The highest BCUT2D eigenvalue weighted by molar-refractivity contribution is 7.07. The largest absolute Gasteiger partial charge is 0.486 e. The third-order valence-electron chi connectivity index (χ3n) is 5.68. The van der Waals surface area contributed by atoms with Gasteiger partial charge in [-0.25, -0.2) is 9.67 Å². The summed E-state index contributed by atoms with van der Waals surface area (Å²) >= 11 is 1.49. The van der Waals surface area contributed by atoms with E-state index in [0.29, 0.717) is 25.4 Å². The molecule has 0 fully saturated rings. The van der Waals surface area contributed by atoms with Gasteiger partial charge in [0.15, 0.2) is 22.0 Å². The molecule has 0 N–H and O–H groups in total. The second kappa shape index (κ2) is 8.63. The van der Waals surface area contributed by atoms with E-state index in [9.17, 15) is 4.79 Å². The molecular formula is C25H24N4O3S. The molecule has 168 valence electrons. The smallest absolute Gasteiger partial charge is 0.297 e. The van der Waals surface area contributed by atoms with Gasteiger partial charge in [0.25, 0.3) is 5.56 Å². The second-order valence-electron chi connectivity index (χ2n) is 7.68. The van der Waals surface area contributed by atoms with Crippen molar-refractivity contribution < 1.29 is 9.47 Å². The fourth-order valence-electron chi connectivity index (χ4n) is 3.94. The van der Waals surface area contributed by atoms with Gasteiger partial charge in [0.2, 0.25) is 0 Å². The maximum atomic E-state index is 13.3. The molecule has 0 spiro atoms. The molecule has 0 aliphatic carbocycles. The lowest BCUT2D eigenvalue weighted by Gasteiger charge is -2.19. The van der Waals surface area contributed by atoms with Crippen LogP contribution in [0.15, 0.2) is 76.4 Å². The molecule has 2 aromatic heterocycles. The summed E-state index contributed by atoms with van der Waals surface area (Å²) < 4.78 is 16.9. The third kappa shape index (κ3) is 3.72. The van der Waals surface area contributed by atoms with E-state index < -0.39 is 0 Å². The molecule has 4 aromatic rings. The van der Waals surface area contributed by atoms with Crippen LogP contribution in [0.25, 0.3) is 16.9 Å². The highest BCUT2D eigenvalue weighted by Crippen LogP contribution is 2.34. The summed E-state index contributed by atoms with van der Waals surface area (Å²) in [6.45, 7) is 7.47. The number of hydrogen-bond acceptors (Lipinski definition) is 5. The van der Waals surface area contributed by atoms with Gasteiger partial charge in [0, 0.05) is 24.5 Å². The molecule has 33 heavy (non-hydrogen) atoms. The first-order valence-electron chi connectivity index (χ1n) is 10.7. The first-order valence-corrected chi connectivity index (χ1v) is 11.5. The van der Waals surface area contributed by atoms with Crippen LogP contribution in [0.3, 0.4) is 0 Å². The first-order chi connectivity index (χ1) is 16.1. The van der Waals surface area contributed by atoms with Crippen LogP contribution in [-0.2, 0) is 13.6 Å². The van der Waals surface area contributed by atoms with Gasteiger partial charge in [-0.15, -0.1) is 17.9 Å². The minimum atomic E-state index is -0.152. The Morgan fingerprint density at radius 1 is 1.12 bits per heavy atom. The second-order valence-corrected chi connectivity index (χ2v) is 8.52. The summed E-state index contributed by atoms with van der Waals surface area (Å²) in [7, 11) is 1.87.